The first kappa shape index (κ1) is 15.8. The van der Waals surface area contributed by atoms with Gasteiger partial charge in [0.15, 0.2) is 0 Å². The standard InChI is InChI=1S/C13H17ClN4O2S/c1-3-13-9(8-18(2)17-13)7-16-21(19,20)10-4-5-12(15)11(14)6-10/h4-6,8,16H,3,7,15H2,1-2H3. The van der Waals surface area contributed by atoms with E-state index >= 15 is 0 Å². The lowest BCUT2D eigenvalue weighted by Gasteiger charge is -2.08. The van der Waals surface area contributed by atoms with E-state index in [0.29, 0.717) is 5.69 Å². The normalized spacial score (nSPS) is 11.8. The molecular formula is C13H17ClN4O2S. The van der Waals surface area contributed by atoms with Crippen LogP contribution >= 0.6 is 11.6 Å². The number of hydrogen-bond donors (Lipinski definition) is 2. The van der Waals surface area contributed by atoms with Crippen LogP contribution in [-0.2, 0) is 30.0 Å². The van der Waals surface area contributed by atoms with Gasteiger partial charge in [0, 0.05) is 25.4 Å². The number of benzene rings is 1. The fraction of sp³-hybridized carbons (Fsp3) is 0.308. The van der Waals surface area contributed by atoms with Gasteiger partial charge in [-0.05, 0) is 24.6 Å². The molecule has 21 heavy (non-hydrogen) atoms. The quantitative estimate of drug-likeness (QED) is 0.817. The number of nitrogens with zero attached hydrogens (tertiary/aromatic N) is 2. The molecule has 0 amide bonds. The largest absolute Gasteiger partial charge is 0.398 e. The monoisotopic (exact) mass is 328 g/mol. The molecule has 0 aliphatic carbocycles. The summed E-state index contributed by atoms with van der Waals surface area (Å²) in [6.07, 6.45) is 2.54. The fourth-order valence-electron chi connectivity index (χ4n) is 1.96. The number of nitrogen functional groups attached to an aromatic ring is 1. The van der Waals surface area contributed by atoms with Crippen LogP contribution in [0.5, 0.6) is 0 Å². The number of rotatable bonds is 5. The number of hydrogen-bond acceptors (Lipinski definition) is 4. The molecule has 6 nitrogen and oxygen atoms in total. The minimum Gasteiger partial charge on any atom is -0.398 e. The zero-order valence-electron chi connectivity index (χ0n) is 11.8. The molecular weight excluding hydrogens is 312 g/mol. The first-order valence-corrected chi connectivity index (χ1v) is 8.25. The predicted molar refractivity (Wildman–Crippen MR) is 82.5 cm³/mol. The second-order valence-corrected chi connectivity index (χ2v) is 6.81. The van der Waals surface area contributed by atoms with Gasteiger partial charge < -0.3 is 5.73 Å². The molecule has 8 heteroatoms. The molecule has 0 bridgehead atoms. The molecule has 0 saturated carbocycles. The van der Waals surface area contributed by atoms with E-state index in [9.17, 15) is 8.42 Å². The van der Waals surface area contributed by atoms with Crippen LogP contribution in [0.1, 0.15) is 18.2 Å². The van der Waals surface area contributed by atoms with Crippen LogP contribution in [0.15, 0.2) is 29.3 Å². The minimum atomic E-state index is -3.64. The molecule has 1 aromatic carbocycles. The number of anilines is 1. The lowest BCUT2D eigenvalue weighted by Crippen LogP contribution is -2.23. The maximum atomic E-state index is 12.2. The molecule has 0 atom stereocenters. The Labute approximate surface area is 129 Å². The molecule has 0 radical (unpaired) electrons. The number of nitrogens with two attached hydrogens (primary N) is 1. The van der Waals surface area contributed by atoms with Crippen molar-refractivity contribution >= 4 is 27.3 Å². The van der Waals surface area contributed by atoms with Gasteiger partial charge in [-0.3, -0.25) is 4.68 Å². The maximum absolute atomic E-state index is 12.2. The van der Waals surface area contributed by atoms with Crippen LogP contribution in [0.3, 0.4) is 0 Å². The highest BCUT2D eigenvalue weighted by Gasteiger charge is 2.16. The van der Waals surface area contributed by atoms with Gasteiger partial charge in [-0.25, -0.2) is 13.1 Å². The van der Waals surface area contributed by atoms with Crippen molar-refractivity contribution in [2.75, 3.05) is 5.73 Å². The van der Waals surface area contributed by atoms with Gasteiger partial charge in [-0.2, -0.15) is 5.10 Å². The zero-order valence-corrected chi connectivity index (χ0v) is 13.4. The summed E-state index contributed by atoms with van der Waals surface area (Å²) in [5.41, 5.74) is 7.65. The molecule has 2 aromatic rings. The Hall–Kier alpha value is -1.57. The summed E-state index contributed by atoms with van der Waals surface area (Å²) in [5, 5.41) is 4.49. The molecule has 3 N–H and O–H groups in total. The first-order chi connectivity index (χ1) is 9.83. The Morgan fingerprint density at radius 3 is 2.76 bits per heavy atom. The summed E-state index contributed by atoms with van der Waals surface area (Å²) in [7, 11) is -1.84. The summed E-state index contributed by atoms with van der Waals surface area (Å²) >= 11 is 5.86. The van der Waals surface area contributed by atoms with Gasteiger partial charge >= 0.3 is 0 Å². The van der Waals surface area contributed by atoms with Crippen molar-refractivity contribution in [3.05, 3.63) is 40.7 Å². The second-order valence-electron chi connectivity index (χ2n) is 4.64. The smallest absolute Gasteiger partial charge is 0.240 e. The van der Waals surface area contributed by atoms with E-state index in [2.05, 4.69) is 9.82 Å². The SMILES string of the molecule is CCc1nn(C)cc1CNS(=O)(=O)c1ccc(N)c(Cl)c1. The summed E-state index contributed by atoms with van der Waals surface area (Å²) in [5.74, 6) is 0. The minimum absolute atomic E-state index is 0.0867. The number of halogens is 1. The van der Waals surface area contributed by atoms with Crippen molar-refractivity contribution in [3.8, 4) is 0 Å². The van der Waals surface area contributed by atoms with Gasteiger partial charge in [0.25, 0.3) is 0 Å². The summed E-state index contributed by atoms with van der Waals surface area (Å²) < 4.78 is 28.7. The van der Waals surface area contributed by atoms with Crippen LogP contribution in [0.25, 0.3) is 0 Å². The topological polar surface area (TPSA) is 90.0 Å². The molecule has 0 spiro atoms. The van der Waals surface area contributed by atoms with Gasteiger partial charge in [-0.15, -0.1) is 0 Å². The highest BCUT2D eigenvalue weighted by molar-refractivity contribution is 7.89. The third-order valence-electron chi connectivity index (χ3n) is 3.06. The Morgan fingerprint density at radius 2 is 2.14 bits per heavy atom. The van der Waals surface area contributed by atoms with Gasteiger partial charge in [0.1, 0.15) is 0 Å². The number of aryl methyl sites for hydroxylation is 2. The van der Waals surface area contributed by atoms with E-state index in [1.165, 1.54) is 18.2 Å². The van der Waals surface area contributed by atoms with Crippen LogP contribution in [0.2, 0.25) is 5.02 Å². The van der Waals surface area contributed by atoms with Gasteiger partial charge in [0.05, 0.1) is 21.3 Å². The van der Waals surface area contributed by atoms with E-state index in [4.69, 9.17) is 17.3 Å². The van der Waals surface area contributed by atoms with E-state index in [1.807, 2.05) is 6.92 Å². The van der Waals surface area contributed by atoms with Crippen LogP contribution < -0.4 is 10.5 Å². The Kier molecular flexibility index (Phi) is 4.55. The molecule has 0 aliphatic heterocycles. The van der Waals surface area contributed by atoms with Crippen molar-refractivity contribution < 1.29 is 8.42 Å². The predicted octanol–water partition coefficient (Wildman–Crippen LogP) is 1.70. The lowest BCUT2D eigenvalue weighted by atomic mass is 10.2. The second kappa shape index (κ2) is 6.05. The molecule has 1 aromatic heterocycles. The summed E-state index contributed by atoms with van der Waals surface area (Å²) in [6, 6.07) is 4.23. The van der Waals surface area contributed by atoms with Crippen LogP contribution in [0, 0.1) is 0 Å². The molecule has 0 aliphatic rings. The van der Waals surface area contributed by atoms with Gasteiger partial charge in [0.2, 0.25) is 10.0 Å². The molecule has 0 saturated heterocycles. The molecule has 2 rings (SSSR count). The van der Waals surface area contributed by atoms with Crippen LogP contribution in [-0.4, -0.2) is 18.2 Å². The summed E-state index contributed by atoms with van der Waals surface area (Å²) in [4.78, 5) is 0.0867. The Balaban J connectivity index is 2.19. The highest BCUT2D eigenvalue weighted by atomic mass is 35.5. The van der Waals surface area contributed by atoms with Crippen LogP contribution in [0.4, 0.5) is 5.69 Å². The van der Waals surface area contributed by atoms with Gasteiger partial charge in [-0.1, -0.05) is 18.5 Å². The van der Waals surface area contributed by atoms with Crippen molar-refractivity contribution in [2.45, 2.75) is 24.8 Å². The average molecular weight is 329 g/mol. The average Bonchev–Trinajstić information content (AvgIpc) is 2.80. The van der Waals surface area contributed by atoms with Crippen molar-refractivity contribution in [3.63, 3.8) is 0 Å². The molecule has 114 valence electrons. The molecule has 1 heterocycles. The lowest BCUT2D eigenvalue weighted by molar-refractivity contribution is 0.581. The van der Waals surface area contributed by atoms with E-state index in [1.54, 1.807) is 17.9 Å². The number of sulfonamides is 1. The molecule has 0 fully saturated rings. The fourth-order valence-corrected chi connectivity index (χ4v) is 3.24. The molecule has 0 unspecified atom stereocenters. The van der Waals surface area contributed by atoms with Crippen molar-refractivity contribution in [1.29, 1.82) is 0 Å². The first-order valence-electron chi connectivity index (χ1n) is 6.39. The summed E-state index contributed by atoms with van der Waals surface area (Å²) in [6.45, 7) is 2.15. The Morgan fingerprint density at radius 1 is 1.43 bits per heavy atom. The van der Waals surface area contributed by atoms with E-state index < -0.39 is 10.0 Å². The van der Waals surface area contributed by atoms with Crippen molar-refractivity contribution in [2.24, 2.45) is 7.05 Å². The zero-order chi connectivity index (χ0) is 15.6. The van der Waals surface area contributed by atoms with E-state index in [0.717, 1.165) is 17.7 Å². The maximum Gasteiger partial charge on any atom is 0.240 e. The number of aromatic nitrogens is 2. The third kappa shape index (κ3) is 3.55. The number of nitrogens with one attached hydrogen (secondary N) is 1. The Bertz CT molecular complexity index is 756. The third-order valence-corrected chi connectivity index (χ3v) is 4.79. The highest BCUT2D eigenvalue weighted by Crippen LogP contribution is 2.22. The van der Waals surface area contributed by atoms with E-state index in [-0.39, 0.29) is 16.5 Å². The van der Waals surface area contributed by atoms with Crippen molar-refractivity contribution in [1.82, 2.24) is 14.5 Å².